The van der Waals surface area contributed by atoms with Crippen LogP contribution in [-0.4, -0.2) is 59.4 Å². The SMILES string of the molecule is C.COC(=O)C(Cc1ccc(N)cc1)NC(=S)c1ccccc1F.COC(=O)C(Cc1ccc(NC(=O)c2c(Cl)cccc2Cl)cc1)NC(=S)c1ccccc1F.O=C(Cl)c1c(Cl)cccc1Cl. The Labute approximate surface area is 428 Å². The molecule has 0 aliphatic heterocycles. The van der Waals surface area contributed by atoms with E-state index < -0.39 is 46.8 Å². The van der Waals surface area contributed by atoms with Crippen molar-refractivity contribution in [3.05, 3.63) is 199 Å². The summed E-state index contributed by atoms with van der Waals surface area (Å²) in [5.41, 5.74) is 9.24. The lowest BCUT2D eigenvalue weighted by atomic mass is 10.0. The largest absolute Gasteiger partial charge is 0.467 e. The molecule has 2 unspecified atom stereocenters. The predicted molar refractivity (Wildman–Crippen MR) is 277 cm³/mol. The van der Waals surface area contributed by atoms with Crippen LogP contribution in [0, 0.1) is 11.6 Å². The highest BCUT2D eigenvalue weighted by Gasteiger charge is 2.24. The fraction of sp³-hybridized carbons (Fsp3) is 0.143. The first-order valence-electron chi connectivity index (χ1n) is 19.5. The maximum absolute atomic E-state index is 14.0. The number of carbonyl (C=O) groups is 4. The molecule has 0 bridgehead atoms. The molecule has 0 saturated heterocycles. The van der Waals surface area contributed by atoms with Crippen molar-refractivity contribution in [1.29, 1.82) is 0 Å². The summed E-state index contributed by atoms with van der Waals surface area (Å²) in [6.07, 6.45) is 0.577. The molecule has 0 spiro atoms. The van der Waals surface area contributed by atoms with Gasteiger partial charge in [0.05, 0.1) is 45.4 Å². The van der Waals surface area contributed by atoms with Gasteiger partial charge in [0.15, 0.2) is 0 Å². The summed E-state index contributed by atoms with van der Waals surface area (Å²) in [6.45, 7) is 0. The zero-order chi connectivity index (χ0) is 49.2. The average molecular weight is 1060 g/mol. The molecule has 2 atom stereocenters. The Morgan fingerprint density at radius 2 is 0.941 bits per heavy atom. The average Bonchev–Trinajstić information content (AvgIpc) is 3.29. The van der Waals surface area contributed by atoms with Crippen LogP contribution >= 0.6 is 82.4 Å². The van der Waals surface area contributed by atoms with Gasteiger partial charge in [-0.25, -0.2) is 18.4 Å². The summed E-state index contributed by atoms with van der Waals surface area (Å²) in [7, 11) is 2.56. The van der Waals surface area contributed by atoms with E-state index >= 15 is 0 Å². The Bertz CT molecular complexity index is 2700. The molecule has 0 aromatic heterocycles. The second-order valence-electron chi connectivity index (χ2n) is 13.8. The third-order valence-corrected chi connectivity index (χ3v) is 11.4. The Morgan fingerprint density at radius 3 is 1.29 bits per heavy atom. The predicted octanol–water partition coefficient (Wildman–Crippen LogP) is 11.9. The fourth-order valence-corrected chi connectivity index (χ4v) is 7.93. The zero-order valence-corrected chi connectivity index (χ0v) is 40.7. The fourth-order valence-electron chi connectivity index (χ4n) is 5.88. The lowest BCUT2D eigenvalue weighted by molar-refractivity contribution is -0.143. The molecular weight excluding hydrogens is 1020 g/mol. The van der Waals surface area contributed by atoms with E-state index in [0.717, 1.165) is 11.1 Å². The van der Waals surface area contributed by atoms with Crippen molar-refractivity contribution in [1.82, 2.24) is 10.6 Å². The number of hydrogen-bond acceptors (Lipinski definition) is 9. The minimum atomic E-state index is -0.829. The highest BCUT2D eigenvalue weighted by Crippen LogP contribution is 2.27. The van der Waals surface area contributed by atoms with Gasteiger partial charge in [0, 0.05) is 35.3 Å². The first-order chi connectivity index (χ1) is 31.9. The quantitative estimate of drug-likeness (QED) is 0.0379. The first-order valence-corrected chi connectivity index (χ1v) is 22.2. The molecule has 0 aliphatic carbocycles. The van der Waals surface area contributed by atoms with Crippen LogP contribution in [0.5, 0.6) is 0 Å². The Balaban J connectivity index is 0.000000302. The van der Waals surface area contributed by atoms with Crippen LogP contribution in [-0.2, 0) is 31.9 Å². The smallest absolute Gasteiger partial charge is 0.328 e. The third-order valence-electron chi connectivity index (χ3n) is 9.24. The highest BCUT2D eigenvalue weighted by atomic mass is 35.5. The molecule has 10 nitrogen and oxygen atoms in total. The summed E-state index contributed by atoms with van der Waals surface area (Å²) in [4.78, 5) is 47.7. The van der Waals surface area contributed by atoms with Crippen LogP contribution in [0.1, 0.15) is 50.4 Å². The van der Waals surface area contributed by atoms with E-state index in [0.29, 0.717) is 17.8 Å². The standard InChI is InChI=1S/C24H19Cl2FN2O3S.C17H17FN2O2S.C7H3Cl3O.CH4/c1-32-24(31)20(29-23(33)16-5-2-3-8-19(16)27)13-14-9-11-15(12-10-14)28-22(30)21-17(25)6-4-7-18(21)26;1-22-17(21)15(10-11-6-8-12(19)9-7-11)20-16(23)13-4-2-3-5-14(13)18;8-4-2-1-3-5(9)6(4)7(10)11;/h2-12,20H,13H2,1H3,(H,28,30)(H,29,33);2-9,15H,10,19H2,1H3,(H,20,23);1-3H;1H4. The van der Waals surface area contributed by atoms with Crippen LogP contribution in [0.25, 0.3) is 0 Å². The number of anilines is 2. The number of nitrogens with one attached hydrogen (secondary N) is 3. The molecule has 6 rings (SSSR count). The third kappa shape index (κ3) is 16.8. The molecule has 0 radical (unpaired) electrons. The van der Waals surface area contributed by atoms with E-state index in [1.54, 1.807) is 103 Å². The van der Waals surface area contributed by atoms with Crippen molar-refractivity contribution in [2.45, 2.75) is 32.4 Å². The van der Waals surface area contributed by atoms with E-state index in [4.69, 9.17) is 97.6 Å². The number of nitrogen functional groups attached to an aromatic ring is 1. The maximum Gasteiger partial charge on any atom is 0.328 e. The van der Waals surface area contributed by atoms with Crippen LogP contribution in [0.3, 0.4) is 0 Å². The first kappa shape index (κ1) is 56.6. The molecule has 356 valence electrons. The number of amides is 1. The number of methoxy groups -OCH3 is 2. The lowest BCUT2D eigenvalue weighted by Crippen LogP contribution is -2.42. The highest BCUT2D eigenvalue weighted by molar-refractivity contribution is 7.81. The van der Waals surface area contributed by atoms with E-state index in [9.17, 15) is 28.0 Å². The molecule has 0 aliphatic rings. The second-order valence-corrected chi connectivity index (χ2v) is 16.6. The van der Waals surface area contributed by atoms with Crippen molar-refractivity contribution < 1.29 is 37.4 Å². The van der Waals surface area contributed by atoms with E-state index in [1.807, 2.05) is 12.1 Å². The van der Waals surface area contributed by atoms with Crippen LogP contribution < -0.4 is 21.7 Å². The van der Waals surface area contributed by atoms with Crippen molar-refractivity contribution in [2.75, 3.05) is 25.3 Å². The number of benzene rings is 6. The summed E-state index contributed by atoms with van der Waals surface area (Å²) in [5.74, 6) is -2.39. The Kier molecular flexibility index (Phi) is 23.3. The van der Waals surface area contributed by atoms with Crippen molar-refractivity contribution in [3.8, 4) is 0 Å². The van der Waals surface area contributed by atoms with Gasteiger partial charge in [-0.15, -0.1) is 0 Å². The topological polar surface area (TPSA) is 149 Å². The van der Waals surface area contributed by atoms with Gasteiger partial charge in [-0.05, 0) is 95.5 Å². The number of halogens is 7. The minimum Gasteiger partial charge on any atom is -0.467 e. The van der Waals surface area contributed by atoms with Crippen molar-refractivity contribution in [2.24, 2.45) is 0 Å². The molecule has 68 heavy (non-hydrogen) atoms. The van der Waals surface area contributed by atoms with Gasteiger partial charge in [0.1, 0.15) is 33.7 Å². The Hall–Kier alpha value is -5.71. The molecule has 6 aromatic rings. The minimum absolute atomic E-state index is 0. The normalized spacial score (nSPS) is 11.0. The molecular formula is C49H43Cl5F2N4O6S2. The van der Waals surface area contributed by atoms with E-state index in [-0.39, 0.29) is 66.2 Å². The molecule has 0 fully saturated rings. The summed E-state index contributed by atoms with van der Waals surface area (Å²) < 4.78 is 37.5. The molecule has 0 heterocycles. The van der Waals surface area contributed by atoms with Gasteiger partial charge < -0.3 is 31.2 Å². The van der Waals surface area contributed by atoms with Crippen molar-refractivity contribution >= 4 is 127 Å². The van der Waals surface area contributed by atoms with Gasteiger partial charge >= 0.3 is 11.9 Å². The van der Waals surface area contributed by atoms with Gasteiger partial charge in [0.2, 0.25) is 0 Å². The van der Waals surface area contributed by atoms with Gasteiger partial charge in [-0.1, -0.05) is 139 Å². The summed E-state index contributed by atoms with van der Waals surface area (Å²) in [5, 5.41) is 8.88. The van der Waals surface area contributed by atoms with E-state index in [1.165, 1.54) is 32.4 Å². The van der Waals surface area contributed by atoms with Gasteiger partial charge in [0.25, 0.3) is 11.1 Å². The maximum atomic E-state index is 14.0. The Morgan fingerprint density at radius 1 is 0.574 bits per heavy atom. The number of thiocarbonyl (C=S) groups is 2. The molecule has 1 amide bonds. The molecule has 5 N–H and O–H groups in total. The van der Waals surface area contributed by atoms with E-state index in [2.05, 4.69) is 16.0 Å². The molecule has 6 aromatic carbocycles. The van der Waals surface area contributed by atoms with Crippen LogP contribution in [0.2, 0.25) is 20.1 Å². The zero-order valence-electron chi connectivity index (χ0n) is 35.3. The monoisotopic (exact) mass is 1060 g/mol. The lowest BCUT2D eigenvalue weighted by Gasteiger charge is -2.19. The number of carbonyl (C=O) groups excluding carboxylic acids is 4. The number of hydrogen-bond donors (Lipinski definition) is 4. The second kappa shape index (κ2) is 27.9. The number of nitrogens with two attached hydrogens (primary N) is 1. The molecule has 0 saturated carbocycles. The van der Waals surface area contributed by atoms with Crippen molar-refractivity contribution in [3.63, 3.8) is 0 Å². The van der Waals surface area contributed by atoms with Crippen LogP contribution in [0.15, 0.2) is 133 Å². The summed E-state index contributed by atoms with van der Waals surface area (Å²) >= 11 is 39.1. The number of esters is 2. The number of ether oxygens (including phenoxy) is 2. The van der Waals surface area contributed by atoms with Gasteiger partial charge in [-0.3, -0.25) is 9.59 Å². The number of rotatable bonds is 13. The van der Waals surface area contributed by atoms with Gasteiger partial charge in [-0.2, -0.15) is 0 Å². The summed E-state index contributed by atoms with van der Waals surface area (Å²) in [6, 6.07) is 34.2. The van der Waals surface area contributed by atoms with Crippen LogP contribution in [0.4, 0.5) is 20.2 Å². The molecule has 19 heteroatoms.